The van der Waals surface area contributed by atoms with Gasteiger partial charge in [-0.15, -0.1) is 0 Å². The van der Waals surface area contributed by atoms with Crippen molar-refractivity contribution in [3.63, 3.8) is 0 Å². The molecule has 11 heteroatoms. The maximum atomic E-state index is 13.9. The second-order valence-electron chi connectivity index (χ2n) is 11.8. The number of hydrogen-bond acceptors (Lipinski definition) is 7. The molecule has 3 heterocycles. The molecular weight excluding hydrogens is 598 g/mol. The van der Waals surface area contributed by atoms with E-state index in [1.807, 2.05) is 68.4 Å². The second-order valence-corrected chi connectivity index (χ2v) is 11.8. The normalized spacial score (nSPS) is 15.7. The predicted molar refractivity (Wildman–Crippen MR) is 175 cm³/mol. The number of nitrogens with two attached hydrogens (primary N) is 1. The number of nitrogens with one attached hydrogen (secondary N) is 1. The lowest BCUT2D eigenvalue weighted by molar-refractivity contribution is -0.134. The van der Waals surface area contributed by atoms with E-state index >= 15 is 0 Å². The minimum atomic E-state index is -1.15. The van der Waals surface area contributed by atoms with Crippen molar-refractivity contribution >= 4 is 35.1 Å². The molecule has 6 rings (SSSR count). The highest BCUT2D eigenvalue weighted by Crippen LogP contribution is 2.41. The molecule has 0 spiro atoms. The average molecular weight is 634 g/mol. The maximum absolute atomic E-state index is 13.9. The molecule has 1 aromatic heterocycles. The Morgan fingerprint density at radius 2 is 1.77 bits per heavy atom. The highest BCUT2D eigenvalue weighted by Gasteiger charge is 2.36. The first-order valence-electron chi connectivity index (χ1n) is 15.4. The fraction of sp³-hybridized carbons (Fsp3) is 0.250. The number of anilines is 2. The minimum Gasteiger partial charge on any atom is -0.493 e. The third-order valence-corrected chi connectivity index (χ3v) is 8.54. The molecule has 3 N–H and O–H groups in total. The summed E-state index contributed by atoms with van der Waals surface area (Å²) in [5.41, 5.74) is 10.3. The van der Waals surface area contributed by atoms with E-state index in [0.29, 0.717) is 40.4 Å². The fourth-order valence-electron chi connectivity index (χ4n) is 6.09. The van der Waals surface area contributed by atoms with Gasteiger partial charge in [-0.2, -0.15) is 0 Å². The van der Waals surface area contributed by atoms with E-state index in [4.69, 9.17) is 15.2 Å². The number of benzene rings is 3. The quantitative estimate of drug-likeness (QED) is 0.239. The number of carbonyl (C=O) groups excluding carboxylic acids is 4. The number of aromatic nitrogens is 1. The van der Waals surface area contributed by atoms with Crippen LogP contribution in [-0.4, -0.2) is 46.7 Å². The largest absolute Gasteiger partial charge is 0.493 e. The lowest BCUT2D eigenvalue weighted by Gasteiger charge is -2.24. The van der Waals surface area contributed by atoms with E-state index < -0.39 is 11.8 Å². The lowest BCUT2D eigenvalue weighted by Crippen LogP contribution is -2.30. The Labute approximate surface area is 272 Å². The van der Waals surface area contributed by atoms with E-state index in [-0.39, 0.29) is 36.3 Å². The van der Waals surface area contributed by atoms with Crippen molar-refractivity contribution in [2.75, 3.05) is 17.3 Å². The average Bonchev–Trinajstić information content (AvgIpc) is 3.51. The SMILES string of the molecule is COc1ccc(N2C(=O)c3cc(CN4Cc5cnc(NC(=O)C(N)=O)cc5C4=O)ccc3C2C)cc1OC(C)CCc1ccccc1. The molecule has 2 aliphatic rings. The summed E-state index contributed by atoms with van der Waals surface area (Å²) in [4.78, 5) is 57.3. The van der Waals surface area contributed by atoms with Crippen molar-refractivity contribution < 1.29 is 28.7 Å². The summed E-state index contributed by atoms with van der Waals surface area (Å²) in [6.45, 7) is 4.60. The van der Waals surface area contributed by atoms with Crippen LogP contribution in [0.15, 0.2) is 79.0 Å². The zero-order valence-corrected chi connectivity index (χ0v) is 26.4. The molecule has 0 radical (unpaired) electrons. The van der Waals surface area contributed by atoms with Crippen LogP contribution in [-0.2, 0) is 29.1 Å². The van der Waals surface area contributed by atoms with Crippen LogP contribution in [0.1, 0.15) is 69.3 Å². The van der Waals surface area contributed by atoms with Crippen LogP contribution in [0.4, 0.5) is 11.5 Å². The van der Waals surface area contributed by atoms with Gasteiger partial charge in [0.15, 0.2) is 11.5 Å². The number of rotatable bonds is 10. The molecule has 2 atom stereocenters. The Kier molecular flexibility index (Phi) is 8.62. The Morgan fingerprint density at radius 1 is 0.979 bits per heavy atom. The summed E-state index contributed by atoms with van der Waals surface area (Å²) in [7, 11) is 1.60. The number of primary amides is 1. The number of fused-ring (bicyclic) bond motifs is 2. The summed E-state index contributed by atoms with van der Waals surface area (Å²) < 4.78 is 11.9. The number of aryl methyl sites for hydroxylation is 1. The molecule has 2 aliphatic heterocycles. The summed E-state index contributed by atoms with van der Waals surface area (Å²) in [6, 6.07) is 22.7. The van der Waals surface area contributed by atoms with Gasteiger partial charge in [0, 0.05) is 47.7 Å². The second kappa shape index (κ2) is 13.0. The van der Waals surface area contributed by atoms with Crippen LogP contribution >= 0.6 is 0 Å². The fourth-order valence-corrected chi connectivity index (χ4v) is 6.09. The molecular formula is C36H35N5O6. The van der Waals surface area contributed by atoms with Gasteiger partial charge in [-0.25, -0.2) is 4.98 Å². The smallest absolute Gasteiger partial charge is 0.314 e. The molecule has 0 saturated heterocycles. The molecule has 2 unspecified atom stereocenters. The highest BCUT2D eigenvalue weighted by atomic mass is 16.5. The Bertz CT molecular complexity index is 1880. The molecule has 0 fully saturated rings. The molecule has 11 nitrogen and oxygen atoms in total. The van der Waals surface area contributed by atoms with Gasteiger partial charge in [0.2, 0.25) is 0 Å². The Balaban J connectivity index is 1.16. The van der Waals surface area contributed by atoms with Gasteiger partial charge in [0.1, 0.15) is 5.82 Å². The molecule has 4 amide bonds. The molecule has 4 aromatic rings. The van der Waals surface area contributed by atoms with Gasteiger partial charge in [-0.05, 0) is 67.6 Å². The number of ether oxygens (including phenoxy) is 2. The van der Waals surface area contributed by atoms with Gasteiger partial charge >= 0.3 is 11.8 Å². The van der Waals surface area contributed by atoms with E-state index in [0.717, 1.165) is 24.0 Å². The van der Waals surface area contributed by atoms with Crippen LogP contribution in [0.5, 0.6) is 11.5 Å². The van der Waals surface area contributed by atoms with Gasteiger partial charge in [-0.3, -0.25) is 19.2 Å². The van der Waals surface area contributed by atoms with Crippen molar-refractivity contribution in [1.29, 1.82) is 0 Å². The van der Waals surface area contributed by atoms with Crippen molar-refractivity contribution in [3.8, 4) is 11.5 Å². The number of carbonyl (C=O) groups is 4. The summed E-state index contributed by atoms with van der Waals surface area (Å²) in [6.07, 6.45) is 3.11. The molecule has 0 bridgehead atoms. The predicted octanol–water partition coefficient (Wildman–Crippen LogP) is 4.79. The first kappa shape index (κ1) is 31.3. The van der Waals surface area contributed by atoms with Gasteiger partial charge < -0.3 is 30.3 Å². The van der Waals surface area contributed by atoms with Crippen LogP contribution in [0, 0.1) is 0 Å². The number of amides is 4. The number of methoxy groups -OCH3 is 1. The van der Waals surface area contributed by atoms with Gasteiger partial charge in [0.05, 0.1) is 19.3 Å². The minimum absolute atomic E-state index is 0.0636. The van der Waals surface area contributed by atoms with Crippen LogP contribution in [0.2, 0.25) is 0 Å². The zero-order chi connectivity index (χ0) is 33.2. The third-order valence-electron chi connectivity index (χ3n) is 8.54. The van der Waals surface area contributed by atoms with Gasteiger partial charge in [0.25, 0.3) is 11.8 Å². The summed E-state index contributed by atoms with van der Waals surface area (Å²) >= 11 is 0. The topological polar surface area (TPSA) is 144 Å². The van der Waals surface area contributed by atoms with Crippen molar-refractivity contribution in [1.82, 2.24) is 9.88 Å². The van der Waals surface area contributed by atoms with Gasteiger partial charge in [-0.1, -0.05) is 42.5 Å². The van der Waals surface area contributed by atoms with E-state index in [9.17, 15) is 19.2 Å². The Morgan fingerprint density at radius 3 is 2.51 bits per heavy atom. The molecule has 47 heavy (non-hydrogen) atoms. The number of hydrogen-bond donors (Lipinski definition) is 2. The maximum Gasteiger partial charge on any atom is 0.314 e. The van der Waals surface area contributed by atoms with Crippen molar-refractivity contribution in [3.05, 3.63) is 112 Å². The van der Waals surface area contributed by atoms with Crippen LogP contribution in [0.3, 0.4) is 0 Å². The van der Waals surface area contributed by atoms with E-state index in [1.165, 1.54) is 17.8 Å². The standard InChI is InChI=1S/C36H35N5O6/c1-21(9-10-23-7-5-4-6-8-23)47-31-16-26(12-14-30(31)46-3)41-22(2)27-13-11-24(15-29(27)36(41)45)19-40-20-25-18-38-32(17-28(25)35(40)44)39-34(43)33(37)42/h4-8,11-18,21-22H,9-10,19-20H2,1-3H3,(H2,37,42)(H,38,39,43). The van der Waals surface area contributed by atoms with Crippen molar-refractivity contribution in [2.24, 2.45) is 5.73 Å². The number of nitrogens with zero attached hydrogens (tertiary/aromatic N) is 3. The summed E-state index contributed by atoms with van der Waals surface area (Å²) in [5.74, 6) is -1.33. The van der Waals surface area contributed by atoms with Crippen LogP contribution < -0.4 is 25.4 Å². The van der Waals surface area contributed by atoms with Crippen molar-refractivity contribution in [2.45, 2.75) is 51.9 Å². The Hall–Kier alpha value is -5.71. The summed E-state index contributed by atoms with van der Waals surface area (Å²) in [5, 5.41) is 2.29. The molecule has 0 aliphatic carbocycles. The van der Waals surface area contributed by atoms with E-state index in [2.05, 4.69) is 22.4 Å². The molecule has 0 saturated carbocycles. The first-order valence-corrected chi connectivity index (χ1v) is 15.4. The molecule has 3 aromatic carbocycles. The zero-order valence-electron chi connectivity index (χ0n) is 26.4. The monoisotopic (exact) mass is 633 g/mol. The highest BCUT2D eigenvalue weighted by molar-refractivity contribution is 6.39. The molecule has 240 valence electrons. The number of pyridine rings is 1. The lowest BCUT2D eigenvalue weighted by atomic mass is 10.0. The third kappa shape index (κ3) is 6.37. The first-order chi connectivity index (χ1) is 22.6. The van der Waals surface area contributed by atoms with Crippen LogP contribution in [0.25, 0.3) is 0 Å². The van der Waals surface area contributed by atoms with E-state index in [1.54, 1.807) is 16.9 Å².